The van der Waals surface area contributed by atoms with E-state index in [4.69, 9.17) is 12.2 Å². The summed E-state index contributed by atoms with van der Waals surface area (Å²) in [5.74, 6) is 0.602. The summed E-state index contributed by atoms with van der Waals surface area (Å²) in [6, 6.07) is 13.2. The molecule has 4 heteroatoms. The topological polar surface area (TPSA) is 24.1 Å². The molecule has 0 fully saturated rings. The van der Waals surface area contributed by atoms with Crippen molar-refractivity contribution in [3.8, 4) is 0 Å². The lowest BCUT2D eigenvalue weighted by Crippen LogP contribution is -2.35. The lowest BCUT2D eigenvalue weighted by molar-refractivity contribution is 0.728. The molecule has 0 aliphatic rings. The van der Waals surface area contributed by atoms with E-state index in [1.165, 1.54) is 16.0 Å². The number of benzene rings is 1. The largest absolute Gasteiger partial charge is 0.366 e. The third-order valence-electron chi connectivity index (χ3n) is 3.78. The maximum Gasteiger partial charge on any atom is 0.166 e. The Hall–Kier alpha value is -1.39. The molecule has 0 aliphatic carbocycles. The molecular weight excluding hydrogens is 296 g/mol. The highest BCUT2D eigenvalue weighted by Crippen LogP contribution is 2.28. The van der Waals surface area contributed by atoms with E-state index in [9.17, 15) is 0 Å². The predicted octanol–water partition coefficient (Wildman–Crippen LogP) is 4.44. The van der Waals surface area contributed by atoms with Gasteiger partial charge in [-0.1, -0.05) is 44.2 Å². The average Bonchev–Trinajstić information content (AvgIpc) is 3.06. The summed E-state index contributed by atoms with van der Waals surface area (Å²) < 4.78 is 0. The van der Waals surface area contributed by atoms with Crippen molar-refractivity contribution in [3.05, 3.63) is 57.8 Å². The molecular formula is C17H22N2S2. The molecule has 21 heavy (non-hydrogen) atoms. The van der Waals surface area contributed by atoms with Gasteiger partial charge < -0.3 is 10.6 Å². The highest BCUT2D eigenvalue weighted by Gasteiger charge is 2.16. The molecule has 0 aliphatic heterocycles. The van der Waals surface area contributed by atoms with Gasteiger partial charge in [0, 0.05) is 11.9 Å². The van der Waals surface area contributed by atoms with Crippen LogP contribution in [0.15, 0.2) is 41.8 Å². The van der Waals surface area contributed by atoms with Crippen LogP contribution < -0.4 is 10.6 Å². The van der Waals surface area contributed by atoms with Gasteiger partial charge in [0.15, 0.2) is 5.11 Å². The smallest absolute Gasteiger partial charge is 0.166 e. The molecule has 0 unspecified atom stereocenters. The Kier molecular flexibility index (Phi) is 5.76. The molecule has 1 aromatic carbocycles. The van der Waals surface area contributed by atoms with Crippen molar-refractivity contribution in [3.63, 3.8) is 0 Å². The highest BCUT2D eigenvalue weighted by atomic mass is 32.1. The Labute approximate surface area is 136 Å². The van der Waals surface area contributed by atoms with Gasteiger partial charge in [-0.25, -0.2) is 0 Å². The molecule has 2 N–H and O–H groups in total. The minimum Gasteiger partial charge on any atom is -0.366 e. The summed E-state index contributed by atoms with van der Waals surface area (Å²) in [5.41, 5.74) is 2.63. The van der Waals surface area contributed by atoms with Gasteiger partial charge in [-0.2, -0.15) is 0 Å². The highest BCUT2D eigenvalue weighted by molar-refractivity contribution is 7.80. The van der Waals surface area contributed by atoms with Crippen LogP contribution in [0.4, 0.5) is 0 Å². The first kappa shape index (κ1) is 16.0. The molecule has 0 amide bonds. The fourth-order valence-electron chi connectivity index (χ4n) is 2.23. The molecule has 0 bridgehead atoms. The lowest BCUT2D eigenvalue weighted by Gasteiger charge is -2.20. The minimum atomic E-state index is 0.107. The molecule has 2 rings (SSSR count). The van der Waals surface area contributed by atoms with Gasteiger partial charge in [0.05, 0.1) is 6.04 Å². The predicted molar refractivity (Wildman–Crippen MR) is 96.1 cm³/mol. The molecule has 112 valence electrons. The van der Waals surface area contributed by atoms with Gasteiger partial charge in [0.2, 0.25) is 0 Å². The van der Waals surface area contributed by atoms with Crippen LogP contribution in [0.25, 0.3) is 0 Å². The Balaban J connectivity index is 2.26. The first-order valence-corrected chi connectivity index (χ1v) is 8.56. The molecule has 0 saturated carbocycles. The number of thiophene rings is 1. The number of hydrogen-bond acceptors (Lipinski definition) is 2. The van der Waals surface area contributed by atoms with Gasteiger partial charge >= 0.3 is 0 Å². The summed E-state index contributed by atoms with van der Waals surface area (Å²) in [4.78, 5) is 1.27. The Morgan fingerprint density at radius 3 is 2.38 bits per heavy atom. The van der Waals surface area contributed by atoms with E-state index in [0.29, 0.717) is 11.0 Å². The van der Waals surface area contributed by atoms with E-state index in [-0.39, 0.29) is 6.04 Å². The first-order chi connectivity index (χ1) is 10.2. The Morgan fingerprint density at radius 2 is 1.86 bits per heavy atom. The van der Waals surface area contributed by atoms with Crippen LogP contribution >= 0.6 is 23.6 Å². The quantitative estimate of drug-likeness (QED) is 0.797. The fraction of sp³-hybridized carbons (Fsp3) is 0.353. The zero-order chi connectivity index (χ0) is 15.2. The van der Waals surface area contributed by atoms with E-state index in [1.807, 2.05) is 7.05 Å². The van der Waals surface area contributed by atoms with Crippen molar-refractivity contribution in [2.45, 2.75) is 32.2 Å². The van der Waals surface area contributed by atoms with Crippen LogP contribution in [0.1, 0.15) is 48.2 Å². The molecule has 2 aromatic rings. The number of rotatable bonds is 5. The van der Waals surface area contributed by atoms with Crippen molar-refractivity contribution < 1.29 is 0 Å². The van der Waals surface area contributed by atoms with Crippen LogP contribution in [-0.4, -0.2) is 12.2 Å². The van der Waals surface area contributed by atoms with Crippen molar-refractivity contribution in [2.75, 3.05) is 7.05 Å². The molecule has 2 nitrogen and oxygen atoms in total. The SMILES string of the molecule is CC[C@H](C)c1ccc([C@H](NC(=S)NC)c2cccs2)cc1. The molecule has 0 spiro atoms. The molecule has 0 radical (unpaired) electrons. The van der Waals surface area contributed by atoms with Crippen LogP contribution in [0.5, 0.6) is 0 Å². The van der Waals surface area contributed by atoms with Crippen molar-refractivity contribution in [2.24, 2.45) is 0 Å². The van der Waals surface area contributed by atoms with Crippen LogP contribution in [0.2, 0.25) is 0 Å². The van der Waals surface area contributed by atoms with Gasteiger partial charge in [-0.15, -0.1) is 11.3 Å². The van der Waals surface area contributed by atoms with Crippen LogP contribution in [-0.2, 0) is 0 Å². The zero-order valence-electron chi connectivity index (χ0n) is 12.7. The van der Waals surface area contributed by atoms with E-state index in [1.54, 1.807) is 11.3 Å². The zero-order valence-corrected chi connectivity index (χ0v) is 14.4. The van der Waals surface area contributed by atoms with Crippen molar-refractivity contribution in [1.29, 1.82) is 0 Å². The summed E-state index contributed by atoms with van der Waals surface area (Å²) >= 11 is 7.02. The summed E-state index contributed by atoms with van der Waals surface area (Å²) in [7, 11) is 1.84. The van der Waals surface area contributed by atoms with E-state index in [2.05, 4.69) is 66.3 Å². The summed E-state index contributed by atoms with van der Waals surface area (Å²) in [6.45, 7) is 4.49. The van der Waals surface area contributed by atoms with Gasteiger partial charge in [0.1, 0.15) is 0 Å². The van der Waals surface area contributed by atoms with Crippen LogP contribution in [0, 0.1) is 0 Å². The van der Waals surface area contributed by atoms with E-state index >= 15 is 0 Å². The summed E-state index contributed by atoms with van der Waals surface area (Å²) in [6.07, 6.45) is 1.16. The second kappa shape index (κ2) is 7.57. The second-order valence-corrected chi connectivity index (χ2v) is 6.54. The Bertz CT molecular complexity index is 561. The number of thiocarbonyl (C=S) groups is 1. The summed E-state index contributed by atoms with van der Waals surface area (Å²) in [5, 5.41) is 9.13. The number of nitrogens with one attached hydrogen (secondary N) is 2. The van der Waals surface area contributed by atoms with E-state index in [0.717, 1.165) is 6.42 Å². The third kappa shape index (κ3) is 4.05. The number of hydrogen-bond donors (Lipinski definition) is 2. The molecule has 1 heterocycles. The van der Waals surface area contributed by atoms with E-state index < -0.39 is 0 Å². The normalized spacial score (nSPS) is 13.5. The monoisotopic (exact) mass is 318 g/mol. The maximum absolute atomic E-state index is 5.27. The molecule has 0 saturated heterocycles. The first-order valence-electron chi connectivity index (χ1n) is 7.27. The minimum absolute atomic E-state index is 0.107. The Morgan fingerprint density at radius 1 is 1.19 bits per heavy atom. The molecule has 1 aromatic heterocycles. The third-order valence-corrected chi connectivity index (χ3v) is 5.04. The van der Waals surface area contributed by atoms with Crippen molar-refractivity contribution in [1.82, 2.24) is 10.6 Å². The maximum atomic E-state index is 5.27. The molecule has 2 atom stereocenters. The lowest BCUT2D eigenvalue weighted by atomic mass is 9.95. The van der Waals surface area contributed by atoms with Gasteiger partial charge in [0.25, 0.3) is 0 Å². The van der Waals surface area contributed by atoms with Crippen LogP contribution in [0.3, 0.4) is 0 Å². The standard InChI is InChI=1S/C17H22N2S2/c1-4-12(2)13-7-9-14(10-8-13)16(19-17(20)18-3)15-6-5-11-21-15/h5-12,16H,4H2,1-3H3,(H2,18,19,20)/t12-,16-/m0/s1. The fourth-order valence-corrected chi connectivity index (χ4v) is 3.15. The second-order valence-electron chi connectivity index (χ2n) is 5.15. The van der Waals surface area contributed by atoms with Gasteiger partial charge in [-0.05, 0) is 47.1 Å². The van der Waals surface area contributed by atoms with Gasteiger partial charge in [-0.3, -0.25) is 0 Å². The van der Waals surface area contributed by atoms with Crippen molar-refractivity contribution >= 4 is 28.7 Å². The average molecular weight is 319 g/mol.